The average molecular weight is 294 g/mol. The van der Waals surface area contributed by atoms with E-state index in [0.29, 0.717) is 17.9 Å². The van der Waals surface area contributed by atoms with Crippen LogP contribution < -0.4 is 15.4 Å². The summed E-state index contributed by atoms with van der Waals surface area (Å²) in [7, 11) is 0. The van der Waals surface area contributed by atoms with Crippen LogP contribution >= 0.6 is 0 Å². The molecule has 0 radical (unpaired) electrons. The zero-order valence-electron chi connectivity index (χ0n) is 12.1. The second-order valence-corrected chi connectivity index (χ2v) is 4.39. The summed E-state index contributed by atoms with van der Waals surface area (Å²) < 4.78 is 5.44. The van der Waals surface area contributed by atoms with Crippen molar-refractivity contribution >= 4 is 17.9 Å². The molecule has 21 heavy (non-hydrogen) atoms. The maximum atomic E-state index is 11.7. The maximum Gasteiger partial charge on any atom is 0.335 e. The van der Waals surface area contributed by atoms with Gasteiger partial charge in [-0.05, 0) is 44.5 Å². The van der Waals surface area contributed by atoms with Crippen LogP contribution in [0.1, 0.15) is 29.8 Å². The molecular formula is C14H18N2O5. The Labute approximate surface area is 122 Å². The molecule has 1 rings (SSSR count). The van der Waals surface area contributed by atoms with Crippen molar-refractivity contribution in [2.75, 3.05) is 6.54 Å². The van der Waals surface area contributed by atoms with E-state index >= 15 is 0 Å². The summed E-state index contributed by atoms with van der Waals surface area (Å²) in [5.41, 5.74) is 0.729. The molecule has 1 atom stereocenters. The van der Waals surface area contributed by atoms with E-state index in [9.17, 15) is 14.4 Å². The molecule has 114 valence electrons. The molecule has 0 bridgehead atoms. The van der Waals surface area contributed by atoms with Gasteiger partial charge in [0.15, 0.2) is 6.10 Å². The van der Waals surface area contributed by atoms with E-state index in [1.807, 2.05) is 0 Å². The third-order valence-corrected chi connectivity index (χ3v) is 2.67. The molecule has 1 unspecified atom stereocenters. The first-order valence-corrected chi connectivity index (χ1v) is 6.44. The van der Waals surface area contributed by atoms with Crippen molar-refractivity contribution in [3.05, 3.63) is 29.3 Å². The normalized spacial score (nSPS) is 11.4. The van der Waals surface area contributed by atoms with Gasteiger partial charge in [-0.25, -0.2) is 9.59 Å². The van der Waals surface area contributed by atoms with Crippen LogP contribution in [0.3, 0.4) is 0 Å². The van der Waals surface area contributed by atoms with Crippen LogP contribution in [0.2, 0.25) is 0 Å². The quantitative estimate of drug-likeness (QED) is 0.759. The van der Waals surface area contributed by atoms with Gasteiger partial charge in [0.2, 0.25) is 0 Å². The lowest BCUT2D eigenvalue weighted by molar-refractivity contribution is -0.126. The Morgan fingerprint density at radius 3 is 2.52 bits per heavy atom. The molecule has 7 nitrogen and oxygen atoms in total. The van der Waals surface area contributed by atoms with E-state index < -0.39 is 24.0 Å². The number of carboxylic acid groups (broad SMARTS) is 1. The number of aromatic carboxylic acids is 1. The summed E-state index contributed by atoms with van der Waals surface area (Å²) in [4.78, 5) is 33.8. The van der Waals surface area contributed by atoms with Gasteiger partial charge in [0.25, 0.3) is 5.91 Å². The average Bonchev–Trinajstić information content (AvgIpc) is 2.40. The molecule has 0 heterocycles. The molecule has 7 heteroatoms. The number of aryl methyl sites for hydroxylation is 1. The van der Waals surface area contributed by atoms with Gasteiger partial charge in [-0.2, -0.15) is 0 Å². The van der Waals surface area contributed by atoms with Gasteiger partial charge < -0.3 is 15.2 Å². The van der Waals surface area contributed by atoms with Gasteiger partial charge in [0, 0.05) is 6.54 Å². The maximum absolute atomic E-state index is 11.7. The van der Waals surface area contributed by atoms with E-state index in [0.717, 1.165) is 0 Å². The lowest BCUT2D eigenvalue weighted by atomic mass is 10.1. The number of carbonyl (C=O) groups is 3. The highest BCUT2D eigenvalue weighted by atomic mass is 16.5. The van der Waals surface area contributed by atoms with Crippen LogP contribution in [0.5, 0.6) is 5.75 Å². The molecule has 1 aromatic rings. The number of benzene rings is 1. The number of hydrogen-bond donors (Lipinski definition) is 3. The largest absolute Gasteiger partial charge is 0.481 e. The molecule has 3 N–H and O–H groups in total. The van der Waals surface area contributed by atoms with Crippen molar-refractivity contribution in [2.24, 2.45) is 0 Å². The lowest BCUT2D eigenvalue weighted by Crippen LogP contribution is -2.45. The molecule has 1 aromatic carbocycles. The van der Waals surface area contributed by atoms with E-state index in [1.54, 1.807) is 13.8 Å². The molecule has 0 aliphatic carbocycles. The van der Waals surface area contributed by atoms with Crippen molar-refractivity contribution in [3.63, 3.8) is 0 Å². The van der Waals surface area contributed by atoms with E-state index in [4.69, 9.17) is 9.84 Å². The Bertz CT molecular complexity index is 556. The monoisotopic (exact) mass is 294 g/mol. The fourth-order valence-corrected chi connectivity index (χ4v) is 1.58. The Hall–Kier alpha value is -2.57. The summed E-state index contributed by atoms with van der Waals surface area (Å²) in [6, 6.07) is 3.73. The fourth-order valence-electron chi connectivity index (χ4n) is 1.58. The van der Waals surface area contributed by atoms with Crippen molar-refractivity contribution in [3.8, 4) is 5.75 Å². The van der Waals surface area contributed by atoms with Crippen LogP contribution in [0.4, 0.5) is 4.79 Å². The van der Waals surface area contributed by atoms with Gasteiger partial charge in [0.05, 0.1) is 5.56 Å². The number of imide groups is 1. The number of nitrogens with one attached hydrogen (secondary N) is 2. The molecule has 0 saturated carbocycles. The standard InChI is InChI=1S/C14H18N2O5/c1-4-15-14(20)16-12(17)9(3)21-11-6-5-10(13(18)19)7-8(11)2/h5-7,9H,4H2,1-3H3,(H,18,19)(H2,15,16,17,20). The minimum absolute atomic E-state index is 0.138. The second kappa shape index (κ2) is 7.28. The van der Waals surface area contributed by atoms with Gasteiger partial charge in [-0.3, -0.25) is 10.1 Å². The minimum Gasteiger partial charge on any atom is -0.481 e. The Morgan fingerprint density at radius 1 is 1.33 bits per heavy atom. The zero-order valence-corrected chi connectivity index (χ0v) is 12.1. The number of rotatable bonds is 5. The van der Waals surface area contributed by atoms with E-state index in [-0.39, 0.29) is 5.56 Å². The molecule has 0 aromatic heterocycles. The summed E-state index contributed by atoms with van der Waals surface area (Å²) in [6.07, 6.45) is -0.887. The van der Waals surface area contributed by atoms with Crippen molar-refractivity contribution in [2.45, 2.75) is 26.9 Å². The Kier molecular flexibility index (Phi) is 5.71. The first-order valence-electron chi connectivity index (χ1n) is 6.44. The van der Waals surface area contributed by atoms with Crippen LogP contribution in [0.15, 0.2) is 18.2 Å². The third-order valence-electron chi connectivity index (χ3n) is 2.67. The molecule has 0 saturated heterocycles. The van der Waals surface area contributed by atoms with Crippen molar-refractivity contribution < 1.29 is 24.2 Å². The minimum atomic E-state index is -1.04. The molecule has 0 aliphatic rings. The predicted molar refractivity (Wildman–Crippen MR) is 75.4 cm³/mol. The second-order valence-electron chi connectivity index (χ2n) is 4.39. The summed E-state index contributed by atoms with van der Waals surface area (Å²) in [6.45, 7) is 5.32. The Balaban J connectivity index is 2.70. The van der Waals surface area contributed by atoms with Crippen LogP contribution in [0, 0.1) is 6.92 Å². The summed E-state index contributed by atoms with van der Waals surface area (Å²) >= 11 is 0. The highest BCUT2D eigenvalue weighted by Crippen LogP contribution is 2.20. The number of hydrogen-bond acceptors (Lipinski definition) is 4. The topological polar surface area (TPSA) is 105 Å². The fraction of sp³-hybridized carbons (Fsp3) is 0.357. The molecule has 0 aliphatic heterocycles. The predicted octanol–water partition coefficient (Wildman–Crippen LogP) is 1.31. The summed E-state index contributed by atoms with van der Waals surface area (Å²) in [5, 5.41) is 13.4. The number of ether oxygens (including phenoxy) is 1. The highest BCUT2D eigenvalue weighted by molar-refractivity contribution is 5.96. The van der Waals surface area contributed by atoms with Crippen LogP contribution in [-0.2, 0) is 4.79 Å². The van der Waals surface area contributed by atoms with Crippen molar-refractivity contribution in [1.82, 2.24) is 10.6 Å². The number of carbonyl (C=O) groups excluding carboxylic acids is 2. The zero-order chi connectivity index (χ0) is 16.0. The van der Waals surface area contributed by atoms with Gasteiger partial charge in [-0.15, -0.1) is 0 Å². The van der Waals surface area contributed by atoms with Crippen LogP contribution in [0.25, 0.3) is 0 Å². The summed E-state index contributed by atoms with van der Waals surface area (Å²) in [5.74, 6) is -1.23. The third kappa shape index (κ3) is 4.79. The molecule has 0 fully saturated rings. The lowest BCUT2D eigenvalue weighted by Gasteiger charge is -2.16. The SMILES string of the molecule is CCNC(=O)NC(=O)C(C)Oc1ccc(C(=O)O)cc1C. The smallest absolute Gasteiger partial charge is 0.335 e. The van der Waals surface area contributed by atoms with Crippen LogP contribution in [-0.4, -0.2) is 35.7 Å². The molecule has 0 spiro atoms. The van der Waals surface area contributed by atoms with Gasteiger partial charge in [-0.1, -0.05) is 0 Å². The number of carboxylic acids is 1. The number of amides is 3. The van der Waals surface area contributed by atoms with Crippen molar-refractivity contribution in [1.29, 1.82) is 0 Å². The Morgan fingerprint density at radius 2 is 2.00 bits per heavy atom. The molecular weight excluding hydrogens is 276 g/mol. The van der Waals surface area contributed by atoms with E-state index in [1.165, 1.54) is 25.1 Å². The van der Waals surface area contributed by atoms with E-state index in [2.05, 4.69) is 10.6 Å². The van der Waals surface area contributed by atoms with Gasteiger partial charge >= 0.3 is 12.0 Å². The highest BCUT2D eigenvalue weighted by Gasteiger charge is 2.18. The molecule has 3 amide bonds. The first kappa shape index (κ1) is 16.5. The first-order chi connectivity index (χ1) is 9.85. The number of urea groups is 1. The van der Waals surface area contributed by atoms with Gasteiger partial charge in [0.1, 0.15) is 5.75 Å².